The Labute approximate surface area is 98.6 Å². The summed E-state index contributed by atoms with van der Waals surface area (Å²) in [5.74, 6) is 0.335. The smallest absolute Gasteiger partial charge is 0.416 e. The van der Waals surface area contributed by atoms with Gasteiger partial charge in [0.05, 0.1) is 5.69 Å². The van der Waals surface area contributed by atoms with E-state index in [4.69, 9.17) is 0 Å². The van der Waals surface area contributed by atoms with Gasteiger partial charge in [-0.25, -0.2) is 4.79 Å². The van der Waals surface area contributed by atoms with Gasteiger partial charge in [-0.05, 0) is 24.3 Å². The van der Waals surface area contributed by atoms with Crippen molar-refractivity contribution in [2.24, 2.45) is 10.2 Å². The quantitative estimate of drug-likeness (QED) is 0.747. The van der Waals surface area contributed by atoms with Gasteiger partial charge in [0.1, 0.15) is 5.69 Å². The van der Waals surface area contributed by atoms with Crippen molar-refractivity contribution < 1.29 is 9.53 Å². The first kappa shape index (κ1) is 11.0. The highest BCUT2D eigenvalue weighted by Crippen LogP contribution is 2.28. The van der Waals surface area contributed by atoms with Crippen LogP contribution in [0.5, 0.6) is 5.75 Å². The maximum atomic E-state index is 10.2. The minimum atomic E-state index is 0.335. The lowest BCUT2D eigenvalue weighted by Crippen LogP contribution is -1.87. The lowest BCUT2D eigenvalue weighted by molar-refractivity contribution is 0.443. The number of rotatable bonds is 4. The summed E-state index contributed by atoms with van der Waals surface area (Å²) in [6.07, 6.45) is 0. The molecule has 0 fully saturated rings. The fraction of sp³-hybridized carbons (Fsp3) is 0. The Hall–Kier alpha value is -2.49. The summed E-state index contributed by atoms with van der Waals surface area (Å²) in [6.45, 7) is 1.37. The van der Waals surface area contributed by atoms with Crippen LogP contribution in [0.1, 0.15) is 0 Å². The second-order valence-corrected chi connectivity index (χ2v) is 3.19. The molecule has 0 atom stereocenters. The molecule has 0 saturated carbocycles. The normalized spacial score (nSPS) is 10.4. The summed E-state index contributed by atoms with van der Waals surface area (Å²) >= 11 is 0. The van der Waals surface area contributed by atoms with Gasteiger partial charge in [0, 0.05) is 0 Å². The van der Waals surface area contributed by atoms with E-state index in [0.29, 0.717) is 11.4 Å². The van der Waals surface area contributed by atoms with E-state index in [2.05, 4.69) is 15.0 Å². The van der Waals surface area contributed by atoms with Crippen molar-refractivity contribution in [3.8, 4) is 5.75 Å². The summed E-state index contributed by atoms with van der Waals surface area (Å²) in [7, 11) is 0. The highest BCUT2D eigenvalue weighted by molar-refractivity contribution is 5.57. The Morgan fingerprint density at radius 1 is 0.882 bits per heavy atom. The van der Waals surface area contributed by atoms with Crippen LogP contribution < -0.4 is 4.74 Å². The first-order chi connectivity index (χ1) is 8.40. The molecule has 0 unspecified atom stereocenters. The Kier molecular flexibility index (Phi) is 3.60. The number of benzene rings is 2. The predicted molar refractivity (Wildman–Crippen MR) is 63.4 cm³/mol. The average Bonchev–Trinajstić information content (AvgIpc) is 2.39. The summed E-state index contributed by atoms with van der Waals surface area (Å²) in [6, 6.07) is 16.2. The molecule has 2 rings (SSSR count). The fourth-order valence-electron chi connectivity index (χ4n) is 1.28. The lowest BCUT2D eigenvalue weighted by Gasteiger charge is -1.99. The van der Waals surface area contributed by atoms with Gasteiger partial charge >= 0.3 is 6.47 Å². The molecule has 83 valence electrons. The zero-order valence-corrected chi connectivity index (χ0v) is 8.91. The predicted octanol–water partition coefficient (Wildman–Crippen LogP) is 3.55. The Balaban J connectivity index is 2.24. The van der Waals surface area contributed by atoms with Crippen LogP contribution in [0, 0.1) is 0 Å². The third-order valence-corrected chi connectivity index (χ3v) is 2.05. The highest BCUT2D eigenvalue weighted by Gasteiger charge is 2.01. The molecule has 0 aliphatic rings. The van der Waals surface area contributed by atoms with Crippen molar-refractivity contribution >= 4 is 17.8 Å². The molecule has 0 spiro atoms. The molecule has 4 heteroatoms. The first-order valence-electron chi connectivity index (χ1n) is 5.00. The van der Waals surface area contributed by atoms with Gasteiger partial charge in [0.25, 0.3) is 0 Å². The number of hydrogen-bond donors (Lipinski definition) is 0. The van der Waals surface area contributed by atoms with Crippen molar-refractivity contribution in [1.82, 2.24) is 0 Å². The molecule has 0 saturated heterocycles. The van der Waals surface area contributed by atoms with E-state index in [-0.39, 0.29) is 0 Å². The molecule has 0 aliphatic carbocycles. The molecular weight excluding hydrogens is 216 g/mol. The van der Waals surface area contributed by atoms with Crippen LogP contribution >= 0.6 is 0 Å². The summed E-state index contributed by atoms with van der Waals surface area (Å²) in [5, 5.41) is 8.05. The van der Waals surface area contributed by atoms with Crippen molar-refractivity contribution in [1.29, 1.82) is 0 Å². The van der Waals surface area contributed by atoms with E-state index < -0.39 is 0 Å². The van der Waals surface area contributed by atoms with Gasteiger partial charge in [-0.2, -0.15) is 5.11 Å². The van der Waals surface area contributed by atoms with E-state index >= 15 is 0 Å². The van der Waals surface area contributed by atoms with Gasteiger partial charge in [-0.3, -0.25) is 0 Å². The second kappa shape index (κ2) is 5.55. The number of para-hydroxylation sites is 1. The molecule has 2 aromatic rings. The van der Waals surface area contributed by atoms with Crippen LogP contribution in [0.15, 0.2) is 64.8 Å². The zero-order valence-electron chi connectivity index (χ0n) is 8.91. The second-order valence-electron chi connectivity index (χ2n) is 3.19. The lowest BCUT2D eigenvalue weighted by atomic mass is 10.3. The van der Waals surface area contributed by atoms with Crippen LogP contribution in [-0.2, 0) is 4.79 Å². The van der Waals surface area contributed by atoms with E-state index in [0.717, 1.165) is 5.69 Å². The van der Waals surface area contributed by atoms with Crippen molar-refractivity contribution in [3.05, 3.63) is 54.6 Å². The molecule has 2 aromatic carbocycles. The third kappa shape index (κ3) is 2.98. The molecule has 17 heavy (non-hydrogen) atoms. The molecule has 0 aromatic heterocycles. The van der Waals surface area contributed by atoms with Crippen LogP contribution in [-0.4, -0.2) is 6.47 Å². The molecule has 1 radical (unpaired) electrons. The van der Waals surface area contributed by atoms with E-state index in [1.54, 1.807) is 24.3 Å². The maximum absolute atomic E-state index is 10.2. The number of hydrogen-bond acceptors (Lipinski definition) is 4. The van der Waals surface area contributed by atoms with E-state index in [1.807, 2.05) is 30.3 Å². The fourth-order valence-corrected chi connectivity index (χ4v) is 1.28. The standard InChI is InChI=1S/C13H9N2O2/c16-10-17-13-9-5-4-8-12(13)15-14-11-6-2-1-3-7-11/h1-9H. The van der Waals surface area contributed by atoms with Crippen LogP contribution in [0.2, 0.25) is 0 Å². The van der Waals surface area contributed by atoms with Crippen molar-refractivity contribution in [2.75, 3.05) is 0 Å². The summed E-state index contributed by atoms with van der Waals surface area (Å²) < 4.78 is 4.67. The molecule has 0 amide bonds. The van der Waals surface area contributed by atoms with Gasteiger partial charge in [-0.1, -0.05) is 30.3 Å². The molecule has 0 heterocycles. The van der Waals surface area contributed by atoms with Crippen molar-refractivity contribution in [3.63, 3.8) is 0 Å². The van der Waals surface area contributed by atoms with Gasteiger partial charge in [0.2, 0.25) is 0 Å². The van der Waals surface area contributed by atoms with Gasteiger partial charge in [-0.15, -0.1) is 5.11 Å². The molecule has 0 aliphatic heterocycles. The molecular formula is C13H9N2O2. The summed E-state index contributed by atoms with van der Waals surface area (Å²) in [5.41, 5.74) is 1.22. The summed E-state index contributed by atoms with van der Waals surface area (Å²) in [4.78, 5) is 10.2. The largest absolute Gasteiger partial charge is 0.423 e. The van der Waals surface area contributed by atoms with Gasteiger partial charge < -0.3 is 4.74 Å². The van der Waals surface area contributed by atoms with E-state index in [1.165, 1.54) is 6.47 Å². The van der Waals surface area contributed by atoms with E-state index in [9.17, 15) is 4.79 Å². The van der Waals surface area contributed by atoms with Crippen LogP contribution in [0.3, 0.4) is 0 Å². The minimum absolute atomic E-state index is 0.335. The van der Waals surface area contributed by atoms with Crippen molar-refractivity contribution in [2.45, 2.75) is 0 Å². The SMILES string of the molecule is O=[C]Oc1ccccc1N=Nc1ccccc1. The Morgan fingerprint density at radius 3 is 2.35 bits per heavy atom. The number of carbonyl (C=O) groups excluding carboxylic acids is 1. The Bertz CT molecular complexity index is 524. The first-order valence-corrected chi connectivity index (χ1v) is 5.00. The molecule has 0 bridgehead atoms. The number of nitrogens with zero attached hydrogens (tertiary/aromatic N) is 2. The highest BCUT2D eigenvalue weighted by atomic mass is 16.5. The topological polar surface area (TPSA) is 51.0 Å². The Morgan fingerprint density at radius 2 is 1.59 bits per heavy atom. The van der Waals surface area contributed by atoms with Crippen LogP contribution in [0.25, 0.3) is 0 Å². The third-order valence-electron chi connectivity index (χ3n) is 2.05. The number of ether oxygens (including phenoxy) is 1. The number of azo groups is 1. The monoisotopic (exact) mass is 225 g/mol. The molecule has 4 nitrogen and oxygen atoms in total. The maximum Gasteiger partial charge on any atom is 0.423 e. The van der Waals surface area contributed by atoms with Crippen LogP contribution in [0.4, 0.5) is 11.4 Å². The zero-order chi connectivity index (χ0) is 11.9. The molecule has 0 N–H and O–H groups in total. The van der Waals surface area contributed by atoms with Gasteiger partial charge in [0.15, 0.2) is 5.75 Å². The minimum Gasteiger partial charge on any atom is -0.416 e. The average molecular weight is 225 g/mol.